The molecule has 1 saturated heterocycles. The number of alkyl halides is 4. The van der Waals surface area contributed by atoms with Crippen LogP contribution < -0.4 is 14.8 Å². The molecule has 2 amide bonds. The summed E-state index contributed by atoms with van der Waals surface area (Å²) in [6, 6.07) is 2.01. The highest BCUT2D eigenvalue weighted by atomic mass is 19.3. The third-order valence-electron chi connectivity index (χ3n) is 10.2. The third-order valence-corrected chi connectivity index (χ3v) is 10.2. The minimum Gasteiger partial charge on any atom is -0.497 e. The second-order valence-corrected chi connectivity index (χ2v) is 14.7. The number of nitrogens with one attached hydrogen (secondary N) is 1. The number of hydrogen-bond acceptors (Lipinski definition) is 8. The number of benzene rings is 1. The molecule has 2 aliphatic heterocycles. The molecule has 0 radical (unpaired) electrons. The zero-order chi connectivity index (χ0) is 35.4. The van der Waals surface area contributed by atoms with Gasteiger partial charge in [-0.05, 0) is 69.4 Å². The number of amides is 2. The number of ketones is 1. The molecule has 5 rings (SSSR count). The topological polar surface area (TPSA) is 120 Å². The highest BCUT2D eigenvalue weighted by Crippen LogP contribution is 2.50. The van der Waals surface area contributed by atoms with Crippen LogP contribution in [0.2, 0.25) is 0 Å². The quantitative estimate of drug-likeness (QED) is 0.361. The van der Waals surface area contributed by atoms with Crippen LogP contribution in [0.15, 0.2) is 18.2 Å². The van der Waals surface area contributed by atoms with Gasteiger partial charge in [-0.25, -0.2) is 14.8 Å². The number of aromatic nitrogens is 2. The van der Waals surface area contributed by atoms with Crippen molar-refractivity contribution in [3.8, 4) is 11.6 Å². The van der Waals surface area contributed by atoms with Crippen LogP contribution in [0.4, 0.5) is 22.4 Å². The molecule has 264 valence electrons. The summed E-state index contributed by atoms with van der Waals surface area (Å²) in [5.41, 5.74) is -3.24. The van der Waals surface area contributed by atoms with Gasteiger partial charge in [-0.15, -0.1) is 0 Å². The van der Waals surface area contributed by atoms with Crippen LogP contribution in [0.3, 0.4) is 0 Å². The molecule has 48 heavy (non-hydrogen) atoms. The van der Waals surface area contributed by atoms with Crippen molar-refractivity contribution in [1.82, 2.24) is 20.2 Å². The number of fused-ring (bicyclic) bond motifs is 5. The summed E-state index contributed by atoms with van der Waals surface area (Å²) in [5, 5.41) is 2.72. The van der Waals surface area contributed by atoms with Crippen molar-refractivity contribution < 1.29 is 46.2 Å². The summed E-state index contributed by atoms with van der Waals surface area (Å²) in [5.74, 6) is -12.0. The number of rotatable bonds is 2. The number of alkyl carbamates (subject to hydrolysis) is 1. The van der Waals surface area contributed by atoms with Gasteiger partial charge in [0, 0.05) is 18.4 Å². The normalized spacial score (nSPS) is 31.1. The van der Waals surface area contributed by atoms with Crippen molar-refractivity contribution in [2.24, 2.45) is 17.3 Å². The molecule has 2 aromatic rings. The van der Waals surface area contributed by atoms with Gasteiger partial charge in [0.05, 0.1) is 30.7 Å². The highest BCUT2D eigenvalue weighted by Gasteiger charge is 2.60. The van der Waals surface area contributed by atoms with Crippen LogP contribution >= 0.6 is 0 Å². The van der Waals surface area contributed by atoms with Gasteiger partial charge in [-0.1, -0.05) is 27.7 Å². The van der Waals surface area contributed by atoms with Crippen LogP contribution in [-0.4, -0.2) is 76.0 Å². The van der Waals surface area contributed by atoms with E-state index in [2.05, 4.69) is 15.3 Å². The number of ether oxygens (including phenoxy) is 3. The highest BCUT2D eigenvalue weighted by molar-refractivity contribution is 5.92. The smallest absolute Gasteiger partial charge is 0.408 e. The first kappa shape index (κ1) is 35.6. The molecule has 0 unspecified atom stereocenters. The Morgan fingerprint density at radius 3 is 2.35 bits per heavy atom. The standard InChI is InChI=1S/C34H44F4N4O6/c1-18-24-17-42(25(18)19(2)43)29(44)27(31(3,4)5)41-30(45)48-32(6)14-8-10-20(32)11-9-15-33(35,36)34(37,38)26-28(47-24)40-23-16-21(46-7)12-13-22(23)39-26/h12-13,16,18,20,24-25,27H,8-11,14-15,17H2,1-7H3,(H,41,45)/t18-,20+,24+,25+,27-,32-/m1/s1. The van der Waals surface area contributed by atoms with Crippen molar-refractivity contribution in [2.75, 3.05) is 13.7 Å². The third kappa shape index (κ3) is 6.50. The number of hydrogen-bond donors (Lipinski definition) is 1. The summed E-state index contributed by atoms with van der Waals surface area (Å²) < 4.78 is 80.7. The molecule has 2 bridgehead atoms. The Morgan fingerprint density at radius 2 is 1.73 bits per heavy atom. The number of halogens is 4. The minimum atomic E-state index is -4.81. The first-order valence-corrected chi connectivity index (χ1v) is 16.4. The van der Waals surface area contributed by atoms with Crippen LogP contribution in [0.5, 0.6) is 11.6 Å². The molecule has 3 aliphatic rings. The number of carbonyl (C=O) groups excluding carboxylic acids is 3. The largest absolute Gasteiger partial charge is 0.497 e. The Bertz CT molecular complexity index is 1580. The first-order valence-electron chi connectivity index (χ1n) is 16.4. The number of carbonyl (C=O) groups is 3. The average molecular weight is 681 g/mol. The van der Waals surface area contributed by atoms with Gasteiger partial charge in [0.15, 0.2) is 11.5 Å². The maximum atomic E-state index is 16.1. The SMILES string of the molecule is COc1ccc2nc3c(nc2c1)O[C@H]1CN(C(=O)[C@H](C(C)(C)C)NC(=O)O[C@]2(C)CCC[C@H]2CCCC(F)(F)C3(F)F)[C@H](C(C)=O)[C@@H]1C. The number of methoxy groups -OCH3 is 1. The fraction of sp³-hybridized carbons (Fsp3) is 0.676. The lowest BCUT2D eigenvalue weighted by molar-refractivity contribution is -0.223. The van der Waals surface area contributed by atoms with Gasteiger partial charge in [-0.3, -0.25) is 9.59 Å². The van der Waals surface area contributed by atoms with E-state index >= 15 is 17.6 Å². The van der Waals surface area contributed by atoms with E-state index in [4.69, 9.17) is 14.2 Å². The molecule has 10 nitrogen and oxygen atoms in total. The van der Waals surface area contributed by atoms with Crippen LogP contribution in [-0.2, 0) is 20.2 Å². The van der Waals surface area contributed by atoms with E-state index in [1.165, 1.54) is 37.1 Å². The van der Waals surface area contributed by atoms with E-state index in [9.17, 15) is 14.4 Å². The zero-order valence-electron chi connectivity index (χ0n) is 28.4. The van der Waals surface area contributed by atoms with Crippen molar-refractivity contribution in [1.29, 1.82) is 0 Å². The van der Waals surface area contributed by atoms with Crippen molar-refractivity contribution in [3.05, 3.63) is 23.9 Å². The summed E-state index contributed by atoms with van der Waals surface area (Å²) in [6.07, 6.45) is -1.66. The van der Waals surface area contributed by atoms with Crippen LogP contribution in [0, 0.1) is 17.3 Å². The number of nitrogens with zero attached hydrogens (tertiary/aromatic N) is 3. The van der Waals surface area contributed by atoms with E-state index in [0.717, 1.165) is 0 Å². The zero-order valence-corrected chi connectivity index (χ0v) is 28.4. The fourth-order valence-corrected chi connectivity index (χ4v) is 7.36. The monoisotopic (exact) mass is 680 g/mol. The average Bonchev–Trinajstić information content (AvgIpc) is 3.52. The molecular formula is C34H44F4N4O6. The van der Waals surface area contributed by atoms with Crippen molar-refractivity contribution in [3.63, 3.8) is 0 Å². The van der Waals surface area contributed by atoms with E-state index in [1.807, 2.05) is 0 Å². The fourth-order valence-electron chi connectivity index (χ4n) is 7.36. The lowest BCUT2D eigenvalue weighted by Gasteiger charge is -2.37. The van der Waals surface area contributed by atoms with Gasteiger partial charge in [0.25, 0.3) is 0 Å². The molecular weight excluding hydrogens is 636 g/mol. The lowest BCUT2D eigenvalue weighted by atomic mass is 9.85. The second-order valence-electron chi connectivity index (χ2n) is 14.7. The van der Waals surface area contributed by atoms with E-state index < -0.39 is 82.7 Å². The summed E-state index contributed by atoms with van der Waals surface area (Å²) in [4.78, 5) is 50.0. The number of Topliss-reactive ketones (excluding diaryl/α,β-unsaturated/α-hetero) is 1. The van der Waals surface area contributed by atoms with E-state index in [1.54, 1.807) is 34.6 Å². The maximum Gasteiger partial charge on any atom is 0.408 e. The van der Waals surface area contributed by atoms with Crippen molar-refractivity contribution >= 4 is 28.8 Å². The van der Waals surface area contributed by atoms with Gasteiger partial charge >= 0.3 is 17.9 Å². The summed E-state index contributed by atoms with van der Waals surface area (Å²) in [7, 11) is 1.40. The molecule has 1 N–H and O–H groups in total. The van der Waals surface area contributed by atoms with E-state index in [-0.39, 0.29) is 36.3 Å². The predicted octanol–water partition coefficient (Wildman–Crippen LogP) is 6.43. The van der Waals surface area contributed by atoms with Crippen LogP contribution in [0.25, 0.3) is 11.0 Å². The summed E-state index contributed by atoms with van der Waals surface area (Å²) >= 11 is 0. The molecule has 1 aliphatic carbocycles. The minimum absolute atomic E-state index is 0.0621. The molecule has 0 spiro atoms. The van der Waals surface area contributed by atoms with Crippen molar-refractivity contribution in [2.45, 2.75) is 116 Å². The Morgan fingerprint density at radius 1 is 1.06 bits per heavy atom. The Balaban J connectivity index is 1.65. The Hall–Kier alpha value is -3.71. The van der Waals surface area contributed by atoms with Gasteiger partial charge in [-0.2, -0.15) is 17.6 Å². The molecule has 2 fully saturated rings. The van der Waals surface area contributed by atoms with Crippen LogP contribution in [0.1, 0.15) is 85.8 Å². The second kappa shape index (κ2) is 12.6. The van der Waals surface area contributed by atoms with E-state index in [0.29, 0.717) is 25.0 Å². The predicted molar refractivity (Wildman–Crippen MR) is 167 cm³/mol. The van der Waals surface area contributed by atoms with Gasteiger partial charge in [0.1, 0.15) is 23.5 Å². The molecule has 14 heteroatoms. The van der Waals surface area contributed by atoms with Gasteiger partial charge < -0.3 is 24.4 Å². The summed E-state index contributed by atoms with van der Waals surface area (Å²) in [6.45, 7) is 9.59. The maximum absolute atomic E-state index is 16.1. The Kier molecular flexibility index (Phi) is 9.37. The lowest BCUT2D eigenvalue weighted by Crippen LogP contribution is -2.58. The molecule has 1 aromatic carbocycles. The first-order chi connectivity index (χ1) is 22.3. The molecule has 1 aromatic heterocycles. The molecule has 3 heterocycles. The molecule has 6 atom stereocenters. The Labute approximate surface area is 277 Å². The molecule has 1 saturated carbocycles. The van der Waals surface area contributed by atoms with Gasteiger partial charge in [0.2, 0.25) is 11.8 Å².